The van der Waals surface area contributed by atoms with E-state index in [0.717, 1.165) is 66.8 Å². The molecule has 1 saturated heterocycles. The minimum absolute atomic E-state index is 0.597. The van der Waals surface area contributed by atoms with Crippen LogP contribution in [0.1, 0.15) is 22.5 Å². The monoisotopic (exact) mass is 485 g/mol. The summed E-state index contributed by atoms with van der Waals surface area (Å²) in [4.78, 5) is 11.7. The Morgan fingerprint density at radius 1 is 1.09 bits per heavy atom. The van der Waals surface area contributed by atoms with Gasteiger partial charge in [-0.3, -0.25) is 4.90 Å². The van der Waals surface area contributed by atoms with E-state index in [1.807, 2.05) is 41.4 Å². The van der Waals surface area contributed by atoms with Gasteiger partial charge in [0.2, 0.25) is 0 Å². The van der Waals surface area contributed by atoms with Gasteiger partial charge in [0.1, 0.15) is 5.82 Å². The summed E-state index contributed by atoms with van der Waals surface area (Å²) >= 11 is 12.6. The molecule has 3 aromatic heterocycles. The van der Waals surface area contributed by atoms with Gasteiger partial charge in [-0.05, 0) is 30.7 Å². The molecule has 8 nitrogen and oxygen atoms in total. The molecule has 4 heterocycles. The number of nitrogens with one attached hydrogen (secondary N) is 1. The van der Waals surface area contributed by atoms with Crippen LogP contribution in [-0.4, -0.2) is 55.4 Å². The standard InChI is InChI=1S/C23H25Cl2N7O/c1-15-20(9-16-3-4-18(24)11-19(16)25)32-23(27-15)17(12-31-5-7-33-8-6-31)10-21(29-32)28-22-13-30(2)14-26-22/h3-4,10-11,13-14H,5-9,12H2,1-2H3,(H,28,29). The molecule has 0 unspecified atom stereocenters. The zero-order valence-corrected chi connectivity index (χ0v) is 20.1. The molecular formula is C23H25Cl2N7O. The van der Waals surface area contributed by atoms with Crippen molar-refractivity contribution in [2.24, 2.45) is 7.05 Å². The van der Waals surface area contributed by atoms with Gasteiger partial charge in [0.05, 0.1) is 30.9 Å². The first-order valence-corrected chi connectivity index (χ1v) is 11.6. The number of ether oxygens (including phenoxy) is 1. The van der Waals surface area contributed by atoms with Crippen LogP contribution >= 0.6 is 23.2 Å². The van der Waals surface area contributed by atoms with E-state index in [1.165, 1.54) is 0 Å². The molecule has 1 N–H and O–H groups in total. The molecule has 0 bridgehead atoms. The number of fused-ring (bicyclic) bond motifs is 1. The van der Waals surface area contributed by atoms with Crippen LogP contribution in [0.15, 0.2) is 36.8 Å². The Hall–Kier alpha value is -2.65. The number of hydrogen-bond acceptors (Lipinski definition) is 6. The molecule has 1 aliphatic heterocycles. The summed E-state index contributed by atoms with van der Waals surface area (Å²) in [6.45, 7) is 6.05. The fourth-order valence-electron chi connectivity index (χ4n) is 4.07. The first-order chi connectivity index (χ1) is 16.0. The van der Waals surface area contributed by atoms with Crippen molar-refractivity contribution < 1.29 is 4.74 Å². The van der Waals surface area contributed by atoms with Gasteiger partial charge in [-0.15, -0.1) is 5.10 Å². The van der Waals surface area contributed by atoms with E-state index in [2.05, 4.69) is 21.3 Å². The average molecular weight is 486 g/mol. The Bertz CT molecular complexity index is 1290. The van der Waals surface area contributed by atoms with Crippen LogP contribution in [0.25, 0.3) is 5.65 Å². The van der Waals surface area contributed by atoms with Crippen LogP contribution in [0.5, 0.6) is 0 Å². The number of aromatic nitrogens is 5. The third-order valence-corrected chi connectivity index (χ3v) is 6.37. The molecule has 5 rings (SSSR count). The number of aryl methyl sites for hydroxylation is 2. The summed E-state index contributed by atoms with van der Waals surface area (Å²) in [5, 5.41) is 9.46. The number of anilines is 2. The number of halogens is 2. The Labute approximate surface area is 202 Å². The average Bonchev–Trinajstić information content (AvgIpc) is 3.33. The van der Waals surface area contributed by atoms with Gasteiger partial charge < -0.3 is 14.6 Å². The maximum Gasteiger partial charge on any atom is 0.158 e. The van der Waals surface area contributed by atoms with Crippen molar-refractivity contribution >= 4 is 40.5 Å². The molecule has 0 saturated carbocycles. The van der Waals surface area contributed by atoms with Crippen molar-refractivity contribution in [3.05, 3.63) is 69.3 Å². The Morgan fingerprint density at radius 3 is 2.64 bits per heavy atom. The Morgan fingerprint density at radius 2 is 1.91 bits per heavy atom. The second kappa shape index (κ2) is 9.30. The van der Waals surface area contributed by atoms with Gasteiger partial charge in [-0.2, -0.15) is 0 Å². The first-order valence-electron chi connectivity index (χ1n) is 10.8. The Balaban J connectivity index is 1.57. The fourth-order valence-corrected chi connectivity index (χ4v) is 4.54. The van der Waals surface area contributed by atoms with Crippen molar-refractivity contribution in [3.63, 3.8) is 0 Å². The van der Waals surface area contributed by atoms with Crippen LogP contribution in [0.2, 0.25) is 10.0 Å². The van der Waals surface area contributed by atoms with Crippen molar-refractivity contribution in [2.75, 3.05) is 31.6 Å². The van der Waals surface area contributed by atoms with E-state index in [9.17, 15) is 0 Å². The smallest absolute Gasteiger partial charge is 0.158 e. The summed E-state index contributed by atoms with van der Waals surface area (Å²) < 4.78 is 9.35. The van der Waals surface area contributed by atoms with Gasteiger partial charge in [0.25, 0.3) is 0 Å². The molecule has 1 aliphatic rings. The lowest BCUT2D eigenvalue weighted by molar-refractivity contribution is 0.0343. The number of rotatable bonds is 6. The summed E-state index contributed by atoms with van der Waals surface area (Å²) in [5.41, 5.74) is 4.84. The van der Waals surface area contributed by atoms with Crippen LogP contribution in [0, 0.1) is 6.92 Å². The lowest BCUT2D eigenvalue weighted by Crippen LogP contribution is -2.35. The molecule has 0 atom stereocenters. The van der Waals surface area contributed by atoms with E-state index in [4.69, 9.17) is 38.0 Å². The molecule has 1 fully saturated rings. The molecule has 0 spiro atoms. The Kier molecular flexibility index (Phi) is 6.25. The number of benzene rings is 1. The lowest BCUT2D eigenvalue weighted by atomic mass is 10.1. The highest BCUT2D eigenvalue weighted by Crippen LogP contribution is 2.27. The van der Waals surface area contributed by atoms with E-state index >= 15 is 0 Å². The normalized spacial score (nSPS) is 14.8. The van der Waals surface area contributed by atoms with Gasteiger partial charge in [0.15, 0.2) is 11.5 Å². The minimum atomic E-state index is 0.597. The third kappa shape index (κ3) is 4.84. The maximum atomic E-state index is 6.48. The number of imidazole rings is 2. The molecular weight excluding hydrogens is 461 g/mol. The van der Waals surface area contributed by atoms with Crippen LogP contribution in [0.4, 0.5) is 11.6 Å². The van der Waals surface area contributed by atoms with E-state index in [-0.39, 0.29) is 0 Å². The zero-order chi connectivity index (χ0) is 22.9. The topological polar surface area (TPSA) is 72.5 Å². The molecule has 1 aromatic carbocycles. The molecule has 4 aromatic rings. The molecule has 172 valence electrons. The van der Waals surface area contributed by atoms with Crippen molar-refractivity contribution in [1.29, 1.82) is 0 Å². The van der Waals surface area contributed by atoms with Gasteiger partial charge in [0, 0.05) is 54.9 Å². The lowest BCUT2D eigenvalue weighted by Gasteiger charge is -2.26. The van der Waals surface area contributed by atoms with E-state index < -0.39 is 0 Å². The van der Waals surface area contributed by atoms with Crippen LogP contribution < -0.4 is 5.32 Å². The van der Waals surface area contributed by atoms with Crippen LogP contribution in [-0.2, 0) is 24.8 Å². The SMILES string of the molecule is Cc1nc2c(CN3CCOCC3)cc(Nc3cn(C)cn3)nn2c1Cc1ccc(Cl)cc1Cl. The number of morpholine rings is 1. The van der Waals surface area contributed by atoms with Crippen molar-refractivity contribution in [2.45, 2.75) is 19.9 Å². The van der Waals surface area contributed by atoms with Crippen LogP contribution in [0.3, 0.4) is 0 Å². The summed E-state index contributed by atoms with van der Waals surface area (Å²) in [6.07, 6.45) is 4.27. The maximum absolute atomic E-state index is 6.48. The number of hydrogen-bond donors (Lipinski definition) is 1. The quantitative estimate of drug-likeness (QED) is 0.440. The predicted molar refractivity (Wildman–Crippen MR) is 130 cm³/mol. The molecule has 33 heavy (non-hydrogen) atoms. The predicted octanol–water partition coefficient (Wildman–Crippen LogP) is 4.24. The zero-order valence-electron chi connectivity index (χ0n) is 18.6. The third-order valence-electron chi connectivity index (χ3n) is 5.79. The van der Waals surface area contributed by atoms with Gasteiger partial charge in [-0.25, -0.2) is 14.5 Å². The fraction of sp³-hybridized carbons (Fsp3) is 0.348. The minimum Gasteiger partial charge on any atom is -0.379 e. The van der Waals surface area contributed by atoms with E-state index in [1.54, 1.807) is 12.4 Å². The molecule has 0 aliphatic carbocycles. The highest BCUT2D eigenvalue weighted by atomic mass is 35.5. The van der Waals surface area contributed by atoms with Crippen molar-refractivity contribution in [1.82, 2.24) is 29.0 Å². The number of nitrogens with zero attached hydrogens (tertiary/aromatic N) is 6. The van der Waals surface area contributed by atoms with Gasteiger partial charge >= 0.3 is 0 Å². The van der Waals surface area contributed by atoms with Gasteiger partial charge in [-0.1, -0.05) is 29.3 Å². The highest BCUT2D eigenvalue weighted by molar-refractivity contribution is 6.35. The summed E-state index contributed by atoms with van der Waals surface area (Å²) in [7, 11) is 1.94. The first kappa shape index (κ1) is 22.2. The summed E-state index contributed by atoms with van der Waals surface area (Å²) in [6, 6.07) is 7.63. The largest absolute Gasteiger partial charge is 0.379 e. The van der Waals surface area contributed by atoms with Crippen molar-refractivity contribution in [3.8, 4) is 0 Å². The second-order valence-corrected chi connectivity index (χ2v) is 9.13. The second-order valence-electron chi connectivity index (χ2n) is 8.28. The molecule has 10 heteroatoms. The molecule has 0 amide bonds. The molecule has 0 radical (unpaired) electrons. The van der Waals surface area contributed by atoms with E-state index in [0.29, 0.717) is 22.3 Å². The summed E-state index contributed by atoms with van der Waals surface area (Å²) in [5.74, 6) is 1.45. The highest BCUT2D eigenvalue weighted by Gasteiger charge is 2.19.